The van der Waals surface area contributed by atoms with E-state index in [1.165, 1.54) is 30.5 Å². The third-order valence-electron chi connectivity index (χ3n) is 4.73. The topological polar surface area (TPSA) is 15.3 Å². The summed E-state index contributed by atoms with van der Waals surface area (Å²) in [6.45, 7) is 13.9. The van der Waals surface area contributed by atoms with Gasteiger partial charge in [-0.2, -0.15) is 0 Å². The molecule has 0 amide bonds. The first-order valence-corrected chi connectivity index (χ1v) is 8.51. The molecule has 0 bridgehead atoms. The van der Waals surface area contributed by atoms with Crippen molar-refractivity contribution in [1.29, 1.82) is 0 Å². The maximum Gasteiger partial charge on any atom is 0.0401 e. The molecule has 2 nitrogen and oxygen atoms in total. The maximum atomic E-state index is 3.77. The number of aryl methyl sites for hydroxylation is 1. The zero-order valence-electron chi connectivity index (χ0n) is 14.4. The maximum absolute atomic E-state index is 3.77. The Labute approximate surface area is 130 Å². The van der Waals surface area contributed by atoms with Gasteiger partial charge in [0, 0.05) is 24.3 Å². The van der Waals surface area contributed by atoms with Gasteiger partial charge in [-0.1, -0.05) is 45.9 Å². The molecule has 0 saturated heterocycles. The van der Waals surface area contributed by atoms with Crippen LogP contribution in [0.5, 0.6) is 0 Å². The summed E-state index contributed by atoms with van der Waals surface area (Å²) in [5.74, 6) is 0. The van der Waals surface area contributed by atoms with Gasteiger partial charge in [-0.05, 0) is 49.8 Å². The molecule has 1 aliphatic heterocycles. The average Bonchev–Trinajstić information content (AvgIpc) is 2.44. The summed E-state index contributed by atoms with van der Waals surface area (Å²) in [5.41, 5.74) is 3.24. The Hall–Kier alpha value is -1.02. The summed E-state index contributed by atoms with van der Waals surface area (Å²) >= 11 is 0. The van der Waals surface area contributed by atoms with Crippen molar-refractivity contribution in [3.63, 3.8) is 0 Å². The van der Waals surface area contributed by atoms with Gasteiger partial charge in [0.15, 0.2) is 0 Å². The molecule has 2 rings (SSSR count). The third kappa shape index (κ3) is 4.00. The number of anilines is 1. The first kappa shape index (κ1) is 16.4. The van der Waals surface area contributed by atoms with Crippen LogP contribution in [0.1, 0.15) is 53.0 Å². The zero-order chi connectivity index (χ0) is 15.5. The quantitative estimate of drug-likeness (QED) is 0.871. The summed E-state index contributed by atoms with van der Waals surface area (Å²) < 4.78 is 0. The Morgan fingerprint density at radius 1 is 1.29 bits per heavy atom. The van der Waals surface area contributed by atoms with E-state index in [0.29, 0.717) is 12.1 Å². The lowest BCUT2D eigenvalue weighted by Crippen LogP contribution is -2.52. The summed E-state index contributed by atoms with van der Waals surface area (Å²) in [5, 5.41) is 3.77. The summed E-state index contributed by atoms with van der Waals surface area (Å²) in [6.07, 6.45) is 3.68. The molecule has 21 heavy (non-hydrogen) atoms. The smallest absolute Gasteiger partial charge is 0.0401 e. The highest BCUT2D eigenvalue weighted by Crippen LogP contribution is 2.32. The molecule has 2 atom stereocenters. The molecule has 0 saturated carbocycles. The van der Waals surface area contributed by atoms with Gasteiger partial charge in [0.25, 0.3) is 0 Å². The fourth-order valence-corrected chi connectivity index (χ4v) is 3.20. The van der Waals surface area contributed by atoms with E-state index in [-0.39, 0.29) is 5.41 Å². The van der Waals surface area contributed by atoms with Gasteiger partial charge in [-0.25, -0.2) is 0 Å². The molecule has 1 aliphatic rings. The Morgan fingerprint density at radius 3 is 2.67 bits per heavy atom. The molecule has 118 valence electrons. The number of rotatable bonds is 5. The highest BCUT2D eigenvalue weighted by molar-refractivity contribution is 5.56. The molecular formula is C19H32N2. The van der Waals surface area contributed by atoms with Crippen LogP contribution < -0.4 is 10.2 Å². The van der Waals surface area contributed by atoms with Crippen LogP contribution in [-0.2, 0) is 6.42 Å². The normalized spacial score (nSPS) is 20.2. The molecule has 1 heterocycles. The molecule has 1 aromatic carbocycles. The zero-order valence-corrected chi connectivity index (χ0v) is 14.4. The first-order chi connectivity index (χ1) is 9.93. The minimum atomic E-state index is 0.279. The molecule has 1 aromatic rings. The highest BCUT2D eigenvalue weighted by Gasteiger charge is 2.30. The van der Waals surface area contributed by atoms with Gasteiger partial charge < -0.3 is 10.2 Å². The van der Waals surface area contributed by atoms with Crippen LogP contribution in [0, 0.1) is 5.41 Å². The predicted octanol–water partition coefficient (Wildman–Crippen LogP) is 4.24. The molecule has 1 N–H and O–H groups in total. The van der Waals surface area contributed by atoms with Crippen LogP contribution in [-0.4, -0.2) is 25.2 Å². The Balaban J connectivity index is 2.19. The summed E-state index contributed by atoms with van der Waals surface area (Å²) in [4.78, 5) is 2.62. The monoisotopic (exact) mass is 288 g/mol. The standard InChI is InChI=1S/C19H32N2/c1-6-13-20-18(19(3,4)5)14-21-15(2)11-12-16-9-7-8-10-17(16)21/h7-10,15,18,20H,6,11-14H2,1-5H3. The van der Waals surface area contributed by atoms with Crippen molar-refractivity contribution >= 4 is 5.69 Å². The van der Waals surface area contributed by atoms with E-state index in [1.807, 2.05) is 0 Å². The SMILES string of the molecule is CCCNC(CN1c2ccccc2CCC1C)C(C)(C)C. The number of fused-ring (bicyclic) bond motifs is 1. The van der Waals surface area contributed by atoms with Crippen LogP contribution in [0.15, 0.2) is 24.3 Å². The van der Waals surface area contributed by atoms with Crippen molar-refractivity contribution in [2.24, 2.45) is 5.41 Å². The van der Waals surface area contributed by atoms with E-state index in [4.69, 9.17) is 0 Å². The molecule has 0 aromatic heterocycles. The van der Waals surface area contributed by atoms with Gasteiger partial charge in [-0.15, -0.1) is 0 Å². The second-order valence-electron chi connectivity index (χ2n) is 7.54. The van der Waals surface area contributed by atoms with Gasteiger partial charge in [0.1, 0.15) is 0 Å². The predicted molar refractivity (Wildman–Crippen MR) is 93.1 cm³/mol. The van der Waals surface area contributed by atoms with Crippen molar-refractivity contribution in [3.05, 3.63) is 29.8 Å². The van der Waals surface area contributed by atoms with E-state index >= 15 is 0 Å². The van der Waals surface area contributed by atoms with Gasteiger partial charge in [0.2, 0.25) is 0 Å². The molecule has 2 heteroatoms. The Kier molecular flexibility index (Phi) is 5.32. The van der Waals surface area contributed by atoms with Crippen LogP contribution >= 0.6 is 0 Å². The number of nitrogens with one attached hydrogen (secondary N) is 1. The van der Waals surface area contributed by atoms with E-state index < -0.39 is 0 Å². The molecule has 0 fully saturated rings. The van der Waals surface area contributed by atoms with Gasteiger partial charge in [0.05, 0.1) is 0 Å². The third-order valence-corrected chi connectivity index (χ3v) is 4.73. The van der Waals surface area contributed by atoms with Crippen molar-refractivity contribution in [2.45, 2.75) is 66.0 Å². The van der Waals surface area contributed by atoms with Crippen LogP contribution in [0.25, 0.3) is 0 Å². The van der Waals surface area contributed by atoms with Gasteiger partial charge >= 0.3 is 0 Å². The lowest BCUT2D eigenvalue weighted by atomic mass is 9.85. The number of para-hydroxylation sites is 1. The van der Waals surface area contributed by atoms with E-state index in [1.54, 1.807) is 0 Å². The fraction of sp³-hybridized carbons (Fsp3) is 0.684. The average molecular weight is 288 g/mol. The summed E-state index contributed by atoms with van der Waals surface area (Å²) in [7, 11) is 0. The number of benzene rings is 1. The largest absolute Gasteiger partial charge is 0.367 e. The summed E-state index contributed by atoms with van der Waals surface area (Å²) in [6, 6.07) is 10.1. The molecule has 0 radical (unpaired) electrons. The minimum absolute atomic E-state index is 0.279. The highest BCUT2D eigenvalue weighted by atomic mass is 15.2. The second-order valence-corrected chi connectivity index (χ2v) is 7.54. The Morgan fingerprint density at radius 2 is 2.00 bits per heavy atom. The van der Waals surface area contributed by atoms with Crippen LogP contribution in [0.2, 0.25) is 0 Å². The lowest BCUT2D eigenvalue weighted by Gasteiger charge is -2.43. The second kappa shape index (κ2) is 6.83. The van der Waals surface area contributed by atoms with Crippen LogP contribution in [0.3, 0.4) is 0 Å². The van der Waals surface area contributed by atoms with Crippen molar-refractivity contribution in [2.75, 3.05) is 18.0 Å². The van der Waals surface area contributed by atoms with Crippen LogP contribution in [0.4, 0.5) is 5.69 Å². The molecule has 2 unspecified atom stereocenters. The minimum Gasteiger partial charge on any atom is -0.367 e. The van der Waals surface area contributed by atoms with E-state index in [2.05, 4.69) is 69.1 Å². The Bertz CT molecular complexity index is 447. The first-order valence-electron chi connectivity index (χ1n) is 8.51. The van der Waals surface area contributed by atoms with Crippen molar-refractivity contribution in [3.8, 4) is 0 Å². The van der Waals surface area contributed by atoms with Crippen molar-refractivity contribution < 1.29 is 0 Å². The molecular weight excluding hydrogens is 256 g/mol. The number of nitrogens with zero attached hydrogens (tertiary/aromatic N) is 1. The van der Waals surface area contributed by atoms with E-state index in [9.17, 15) is 0 Å². The number of hydrogen-bond donors (Lipinski definition) is 1. The fourth-order valence-electron chi connectivity index (χ4n) is 3.20. The lowest BCUT2D eigenvalue weighted by molar-refractivity contribution is 0.264. The number of hydrogen-bond acceptors (Lipinski definition) is 2. The van der Waals surface area contributed by atoms with Gasteiger partial charge in [-0.3, -0.25) is 0 Å². The molecule has 0 spiro atoms. The van der Waals surface area contributed by atoms with E-state index in [0.717, 1.165) is 13.1 Å². The molecule has 0 aliphatic carbocycles. The van der Waals surface area contributed by atoms with Crippen molar-refractivity contribution in [1.82, 2.24) is 5.32 Å².